The third-order valence-corrected chi connectivity index (χ3v) is 5.47. The molecular formula is C20H19BrN2O2. The SMILES string of the molecule is CCOc1ccc2c(Br)c(-c3ccc(N=O)cc3)n(CC3CC3)c2c1. The molecule has 0 atom stereocenters. The minimum atomic E-state index is 0.448. The molecular weight excluding hydrogens is 380 g/mol. The van der Waals surface area contributed by atoms with E-state index in [0.717, 1.165) is 33.9 Å². The Labute approximate surface area is 154 Å². The summed E-state index contributed by atoms with van der Waals surface area (Å²) >= 11 is 3.80. The second-order valence-corrected chi connectivity index (χ2v) is 7.26. The molecule has 1 fully saturated rings. The molecule has 25 heavy (non-hydrogen) atoms. The Morgan fingerprint density at radius 1 is 1.20 bits per heavy atom. The van der Waals surface area contributed by atoms with Gasteiger partial charge in [-0.15, -0.1) is 4.91 Å². The molecule has 0 amide bonds. The zero-order chi connectivity index (χ0) is 17.4. The lowest BCUT2D eigenvalue weighted by atomic mass is 10.1. The van der Waals surface area contributed by atoms with E-state index < -0.39 is 0 Å². The van der Waals surface area contributed by atoms with Crippen LogP contribution in [0.5, 0.6) is 5.75 Å². The van der Waals surface area contributed by atoms with Crippen molar-refractivity contribution in [1.82, 2.24) is 4.57 Å². The van der Waals surface area contributed by atoms with Crippen molar-refractivity contribution >= 4 is 32.5 Å². The maximum absolute atomic E-state index is 10.7. The van der Waals surface area contributed by atoms with Crippen LogP contribution in [0.15, 0.2) is 52.1 Å². The van der Waals surface area contributed by atoms with Crippen LogP contribution in [0.4, 0.5) is 5.69 Å². The summed E-state index contributed by atoms with van der Waals surface area (Å²) < 4.78 is 9.16. The van der Waals surface area contributed by atoms with E-state index in [0.29, 0.717) is 12.3 Å². The van der Waals surface area contributed by atoms with Crippen molar-refractivity contribution in [3.63, 3.8) is 0 Å². The predicted molar refractivity (Wildman–Crippen MR) is 104 cm³/mol. The molecule has 0 saturated heterocycles. The number of hydrogen-bond acceptors (Lipinski definition) is 3. The van der Waals surface area contributed by atoms with Gasteiger partial charge in [-0.1, -0.05) is 12.1 Å². The molecule has 0 unspecified atom stereocenters. The third kappa shape index (κ3) is 3.09. The maximum atomic E-state index is 10.7. The predicted octanol–water partition coefficient (Wildman–Crippen LogP) is 6.28. The van der Waals surface area contributed by atoms with Crippen LogP contribution in [0, 0.1) is 10.8 Å². The van der Waals surface area contributed by atoms with E-state index in [2.05, 4.69) is 37.8 Å². The minimum Gasteiger partial charge on any atom is -0.494 e. The molecule has 1 aliphatic carbocycles. The van der Waals surface area contributed by atoms with Gasteiger partial charge in [0.15, 0.2) is 0 Å². The van der Waals surface area contributed by atoms with Crippen LogP contribution in [-0.2, 0) is 6.54 Å². The van der Waals surface area contributed by atoms with Crippen LogP contribution in [0.3, 0.4) is 0 Å². The van der Waals surface area contributed by atoms with Crippen molar-refractivity contribution < 1.29 is 4.74 Å². The number of benzene rings is 2. The Hall–Kier alpha value is -2.14. The molecule has 1 heterocycles. The largest absolute Gasteiger partial charge is 0.494 e. The molecule has 1 aromatic heterocycles. The molecule has 1 aliphatic rings. The molecule has 4 nitrogen and oxygen atoms in total. The van der Waals surface area contributed by atoms with Crippen molar-refractivity contribution in [2.24, 2.45) is 11.1 Å². The number of aromatic nitrogens is 1. The first-order chi connectivity index (χ1) is 12.2. The van der Waals surface area contributed by atoms with Crippen LogP contribution in [0.25, 0.3) is 22.2 Å². The highest BCUT2D eigenvalue weighted by molar-refractivity contribution is 9.10. The highest BCUT2D eigenvalue weighted by Crippen LogP contribution is 2.42. The fourth-order valence-corrected chi connectivity index (χ4v) is 4.03. The Morgan fingerprint density at radius 3 is 2.60 bits per heavy atom. The summed E-state index contributed by atoms with van der Waals surface area (Å²) in [6.07, 6.45) is 2.58. The summed E-state index contributed by atoms with van der Waals surface area (Å²) in [6.45, 7) is 3.65. The fourth-order valence-electron chi connectivity index (χ4n) is 3.25. The van der Waals surface area contributed by atoms with E-state index >= 15 is 0 Å². The molecule has 0 radical (unpaired) electrons. The quantitative estimate of drug-likeness (QED) is 0.458. The van der Waals surface area contributed by atoms with Crippen molar-refractivity contribution in [1.29, 1.82) is 0 Å². The van der Waals surface area contributed by atoms with Gasteiger partial charge in [0.25, 0.3) is 0 Å². The lowest BCUT2D eigenvalue weighted by Gasteiger charge is -2.12. The van der Waals surface area contributed by atoms with Gasteiger partial charge < -0.3 is 9.30 Å². The second-order valence-electron chi connectivity index (χ2n) is 6.47. The van der Waals surface area contributed by atoms with Crippen molar-refractivity contribution in [2.75, 3.05) is 6.61 Å². The molecule has 4 rings (SSSR count). The van der Waals surface area contributed by atoms with E-state index in [1.165, 1.54) is 23.7 Å². The molecule has 128 valence electrons. The third-order valence-electron chi connectivity index (χ3n) is 4.67. The van der Waals surface area contributed by atoms with E-state index in [4.69, 9.17) is 4.74 Å². The summed E-state index contributed by atoms with van der Waals surface area (Å²) in [5, 5.41) is 4.18. The topological polar surface area (TPSA) is 43.6 Å². The van der Waals surface area contributed by atoms with Gasteiger partial charge in [-0.05, 0) is 76.6 Å². The lowest BCUT2D eigenvalue weighted by molar-refractivity contribution is 0.340. The minimum absolute atomic E-state index is 0.448. The summed E-state index contributed by atoms with van der Waals surface area (Å²) in [6, 6.07) is 13.7. The standard InChI is InChI=1S/C20H19BrN2O2/c1-2-25-16-9-10-17-18(11-16)23(12-13-3-4-13)20(19(17)21)14-5-7-15(22-24)8-6-14/h5-11,13H,2-4,12H2,1H3. The van der Waals surface area contributed by atoms with Gasteiger partial charge in [0, 0.05) is 18.0 Å². The van der Waals surface area contributed by atoms with Crippen LogP contribution in [0.2, 0.25) is 0 Å². The average molecular weight is 399 g/mol. The average Bonchev–Trinajstić information content (AvgIpc) is 3.41. The maximum Gasteiger partial charge on any atom is 0.121 e. The molecule has 3 aromatic rings. The highest BCUT2D eigenvalue weighted by atomic mass is 79.9. The summed E-state index contributed by atoms with van der Waals surface area (Å²) in [5.74, 6) is 1.64. The summed E-state index contributed by atoms with van der Waals surface area (Å²) in [5.41, 5.74) is 3.85. The number of nitroso groups, excluding NO2 is 1. The highest BCUT2D eigenvalue weighted by Gasteiger charge is 2.26. The van der Waals surface area contributed by atoms with Gasteiger partial charge in [0.05, 0.1) is 22.3 Å². The van der Waals surface area contributed by atoms with Crippen molar-refractivity contribution in [3.05, 3.63) is 51.8 Å². The first-order valence-corrected chi connectivity index (χ1v) is 9.39. The number of hydrogen-bond donors (Lipinski definition) is 0. The molecule has 1 saturated carbocycles. The zero-order valence-corrected chi connectivity index (χ0v) is 15.6. The lowest BCUT2D eigenvalue weighted by Crippen LogP contribution is -2.02. The number of fused-ring (bicyclic) bond motifs is 1. The van der Waals surface area contributed by atoms with Crippen LogP contribution in [0.1, 0.15) is 19.8 Å². The van der Waals surface area contributed by atoms with Crippen LogP contribution >= 0.6 is 15.9 Å². The van der Waals surface area contributed by atoms with Gasteiger partial charge in [0.2, 0.25) is 0 Å². The van der Waals surface area contributed by atoms with Gasteiger partial charge in [0.1, 0.15) is 11.4 Å². The molecule has 0 aliphatic heterocycles. The zero-order valence-electron chi connectivity index (χ0n) is 14.0. The van der Waals surface area contributed by atoms with Crippen molar-refractivity contribution in [3.8, 4) is 17.0 Å². The summed E-state index contributed by atoms with van der Waals surface area (Å²) in [4.78, 5) is 10.7. The van der Waals surface area contributed by atoms with Crippen molar-refractivity contribution in [2.45, 2.75) is 26.3 Å². The van der Waals surface area contributed by atoms with Gasteiger partial charge in [-0.25, -0.2) is 0 Å². The van der Waals surface area contributed by atoms with E-state index in [9.17, 15) is 4.91 Å². The molecule has 2 aromatic carbocycles. The van der Waals surface area contributed by atoms with Crippen LogP contribution < -0.4 is 4.74 Å². The monoisotopic (exact) mass is 398 g/mol. The number of nitrogens with zero attached hydrogens (tertiary/aromatic N) is 2. The van der Waals surface area contributed by atoms with E-state index in [-0.39, 0.29) is 0 Å². The first kappa shape index (κ1) is 16.3. The van der Waals surface area contributed by atoms with Gasteiger partial charge in [-0.2, -0.15) is 0 Å². The Bertz CT molecular complexity index is 927. The molecule has 0 N–H and O–H groups in total. The Balaban J connectivity index is 1.90. The van der Waals surface area contributed by atoms with E-state index in [1.807, 2.05) is 25.1 Å². The fraction of sp³-hybridized carbons (Fsp3) is 0.300. The Morgan fingerprint density at radius 2 is 1.96 bits per heavy atom. The molecule has 0 spiro atoms. The first-order valence-electron chi connectivity index (χ1n) is 8.59. The normalized spacial score (nSPS) is 14.0. The van der Waals surface area contributed by atoms with Gasteiger partial charge in [-0.3, -0.25) is 0 Å². The second kappa shape index (κ2) is 6.64. The van der Waals surface area contributed by atoms with E-state index in [1.54, 1.807) is 12.1 Å². The summed E-state index contributed by atoms with van der Waals surface area (Å²) in [7, 11) is 0. The Kier molecular flexibility index (Phi) is 4.34. The number of halogens is 1. The van der Waals surface area contributed by atoms with Crippen LogP contribution in [-0.4, -0.2) is 11.2 Å². The molecule has 0 bridgehead atoms. The molecule has 5 heteroatoms. The number of rotatable bonds is 6. The number of ether oxygens (including phenoxy) is 1. The smallest absolute Gasteiger partial charge is 0.121 e. The van der Waals surface area contributed by atoms with Gasteiger partial charge >= 0.3 is 0 Å².